The maximum absolute atomic E-state index is 5.88. The van der Waals surface area contributed by atoms with Gasteiger partial charge in [0.2, 0.25) is 0 Å². The molecule has 0 spiro atoms. The van der Waals surface area contributed by atoms with Crippen molar-refractivity contribution >= 4 is 44.5 Å². The molecule has 0 amide bonds. The molecular formula is C36H31N3OS2. The van der Waals surface area contributed by atoms with E-state index in [4.69, 9.17) is 14.7 Å². The van der Waals surface area contributed by atoms with Crippen LogP contribution < -0.4 is 0 Å². The third-order valence-electron chi connectivity index (χ3n) is 7.87. The Morgan fingerprint density at radius 1 is 0.667 bits per heavy atom. The van der Waals surface area contributed by atoms with Gasteiger partial charge in [0.1, 0.15) is 0 Å². The second-order valence-corrected chi connectivity index (χ2v) is 12.3. The molecule has 5 heterocycles. The van der Waals surface area contributed by atoms with E-state index >= 15 is 0 Å². The lowest BCUT2D eigenvalue weighted by molar-refractivity contribution is 0.140. The van der Waals surface area contributed by atoms with E-state index in [0.29, 0.717) is 13.2 Å². The average molecular weight is 586 g/mol. The SMILES string of the molecule is CCOCCn1c2cc(C(c3ccccn3)c3cccs3)ccc2c2ccc(C(c3ccccn3)c3cccs3)cc21. The number of thiophene rings is 2. The lowest BCUT2D eigenvalue weighted by Gasteiger charge is -2.17. The maximum Gasteiger partial charge on any atom is 0.0645 e. The first kappa shape index (κ1) is 26.8. The van der Waals surface area contributed by atoms with Crippen LogP contribution in [0.2, 0.25) is 0 Å². The minimum atomic E-state index is 0.0804. The molecule has 0 N–H and O–H groups in total. The molecule has 208 valence electrons. The third-order valence-corrected chi connectivity index (χ3v) is 9.74. The normalized spacial score (nSPS) is 13.1. The van der Waals surface area contributed by atoms with Crippen molar-refractivity contribution in [1.82, 2.24) is 14.5 Å². The Bertz CT molecular complexity index is 1760. The standard InChI is InChI=1S/C36H31N3OS2/c1-2-40-20-19-39-31-23-25(35(33-11-7-21-41-33)29-9-3-5-17-37-29)13-15-27(31)28-16-14-26(24-32(28)39)36(34-12-8-22-42-34)30-10-4-6-18-38-30/h3-18,21-24,35-36H,2,19-20H2,1H3. The Balaban J connectivity index is 1.41. The van der Waals surface area contributed by atoms with Crippen molar-refractivity contribution in [3.05, 3.63) is 152 Å². The Kier molecular flexibility index (Phi) is 7.66. The molecule has 42 heavy (non-hydrogen) atoms. The van der Waals surface area contributed by atoms with E-state index in [1.165, 1.54) is 42.7 Å². The molecule has 0 saturated heterocycles. The van der Waals surface area contributed by atoms with E-state index in [1.807, 2.05) is 24.5 Å². The summed E-state index contributed by atoms with van der Waals surface area (Å²) in [5.41, 5.74) is 7.06. The third kappa shape index (κ3) is 5.07. The van der Waals surface area contributed by atoms with Gasteiger partial charge >= 0.3 is 0 Å². The van der Waals surface area contributed by atoms with Gasteiger partial charge in [0.25, 0.3) is 0 Å². The van der Waals surface area contributed by atoms with Crippen molar-refractivity contribution in [2.75, 3.05) is 13.2 Å². The highest BCUT2D eigenvalue weighted by Gasteiger charge is 2.23. The summed E-state index contributed by atoms with van der Waals surface area (Å²) < 4.78 is 8.32. The molecule has 2 atom stereocenters. The summed E-state index contributed by atoms with van der Waals surface area (Å²) in [6.07, 6.45) is 3.78. The van der Waals surface area contributed by atoms with Crippen molar-refractivity contribution in [2.45, 2.75) is 25.3 Å². The van der Waals surface area contributed by atoms with Gasteiger partial charge < -0.3 is 9.30 Å². The number of nitrogens with zero attached hydrogens (tertiary/aromatic N) is 3. The van der Waals surface area contributed by atoms with Crippen LogP contribution in [0, 0.1) is 0 Å². The molecule has 0 saturated carbocycles. The zero-order chi connectivity index (χ0) is 28.3. The first-order valence-electron chi connectivity index (χ1n) is 14.3. The zero-order valence-electron chi connectivity index (χ0n) is 23.4. The smallest absolute Gasteiger partial charge is 0.0645 e. The molecule has 6 heteroatoms. The van der Waals surface area contributed by atoms with Crippen LogP contribution in [-0.4, -0.2) is 27.7 Å². The molecule has 0 bridgehead atoms. The number of ether oxygens (including phenoxy) is 1. The van der Waals surface area contributed by atoms with Crippen LogP contribution in [0.15, 0.2) is 120 Å². The van der Waals surface area contributed by atoms with E-state index in [2.05, 4.69) is 107 Å². The van der Waals surface area contributed by atoms with Gasteiger partial charge in [-0.25, -0.2) is 0 Å². The van der Waals surface area contributed by atoms with Crippen molar-refractivity contribution < 1.29 is 4.74 Å². The van der Waals surface area contributed by atoms with Crippen molar-refractivity contribution in [3.63, 3.8) is 0 Å². The first-order chi connectivity index (χ1) is 20.8. The molecule has 0 fully saturated rings. The second-order valence-electron chi connectivity index (χ2n) is 10.3. The van der Waals surface area contributed by atoms with Crippen LogP contribution in [0.25, 0.3) is 21.8 Å². The minimum absolute atomic E-state index is 0.0804. The Labute approximate surface area is 253 Å². The summed E-state index contributed by atoms with van der Waals surface area (Å²) in [7, 11) is 0. The Hall–Kier alpha value is -4.10. The lowest BCUT2D eigenvalue weighted by Crippen LogP contribution is -2.08. The fourth-order valence-corrected chi connectivity index (χ4v) is 7.72. The molecule has 4 nitrogen and oxygen atoms in total. The number of pyridine rings is 2. The highest BCUT2D eigenvalue weighted by atomic mass is 32.1. The molecule has 2 unspecified atom stereocenters. The van der Waals surface area contributed by atoms with Crippen LogP contribution in [0.1, 0.15) is 51.0 Å². The first-order valence-corrected chi connectivity index (χ1v) is 16.1. The number of fused-ring (bicyclic) bond motifs is 3. The van der Waals surface area contributed by atoms with Gasteiger partial charge in [0.15, 0.2) is 0 Å². The fraction of sp³-hybridized carbons (Fsp3) is 0.167. The van der Waals surface area contributed by atoms with Crippen molar-refractivity contribution in [2.24, 2.45) is 0 Å². The molecule has 0 aliphatic rings. The quantitative estimate of drug-likeness (QED) is 0.150. The predicted molar refractivity (Wildman–Crippen MR) is 175 cm³/mol. The van der Waals surface area contributed by atoms with Gasteiger partial charge in [0.05, 0.1) is 29.8 Å². The summed E-state index contributed by atoms with van der Waals surface area (Å²) in [6, 6.07) is 35.0. The van der Waals surface area contributed by atoms with Gasteiger partial charge in [-0.05, 0) is 77.3 Å². The maximum atomic E-state index is 5.88. The molecule has 7 rings (SSSR count). The van der Waals surface area contributed by atoms with Gasteiger partial charge in [-0.2, -0.15) is 0 Å². The summed E-state index contributed by atoms with van der Waals surface area (Å²) in [4.78, 5) is 12.1. The molecule has 0 aliphatic carbocycles. The number of aromatic nitrogens is 3. The summed E-state index contributed by atoms with van der Waals surface area (Å²) >= 11 is 3.56. The summed E-state index contributed by atoms with van der Waals surface area (Å²) in [5.74, 6) is 0.161. The predicted octanol–water partition coefficient (Wildman–Crippen LogP) is 9.10. The molecule has 0 radical (unpaired) electrons. The Morgan fingerprint density at radius 2 is 1.21 bits per heavy atom. The van der Waals surface area contributed by atoms with Crippen molar-refractivity contribution in [1.29, 1.82) is 0 Å². The van der Waals surface area contributed by atoms with E-state index in [-0.39, 0.29) is 11.8 Å². The number of hydrogen-bond donors (Lipinski definition) is 0. The minimum Gasteiger partial charge on any atom is -0.380 e. The number of rotatable bonds is 10. The average Bonchev–Trinajstić information content (AvgIpc) is 3.81. The molecule has 7 aromatic rings. The second kappa shape index (κ2) is 12.0. The van der Waals surface area contributed by atoms with Crippen LogP contribution in [0.4, 0.5) is 0 Å². The molecule has 5 aromatic heterocycles. The number of benzene rings is 2. The number of hydrogen-bond acceptors (Lipinski definition) is 5. The van der Waals surface area contributed by atoms with Crippen LogP contribution >= 0.6 is 22.7 Å². The van der Waals surface area contributed by atoms with E-state index in [1.54, 1.807) is 22.7 Å². The van der Waals surface area contributed by atoms with E-state index < -0.39 is 0 Å². The fourth-order valence-electron chi connectivity index (χ4n) is 6.00. The lowest BCUT2D eigenvalue weighted by atomic mass is 9.92. The highest BCUT2D eigenvalue weighted by molar-refractivity contribution is 7.10. The van der Waals surface area contributed by atoms with Gasteiger partial charge in [-0.3, -0.25) is 9.97 Å². The highest BCUT2D eigenvalue weighted by Crippen LogP contribution is 2.40. The topological polar surface area (TPSA) is 39.9 Å². The molecule has 0 aliphatic heterocycles. The largest absolute Gasteiger partial charge is 0.380 e. The van der Waals surface area contributed by atoms with Crippen LogP contribution in [0.5, 0.6) is 0 Å². The summed E-state index contributed by atoms with van der Waals surface area (Å²) in [6.45, 7) is 4.20. The van der Waals surface area contributed by atoms with E-state index in [9.17, 15) is 0 Å². The van der Waals surface area contributed by atoms with Gasteiger partial charge in [0, 0.05) is 57.1 Å². The summed E-state index contributed by atoms with van der Waals surface area (Å²) in [5, 5.41) is 6.81. The molecule has 2 aromatic carbocycles. The van der Waals surface area contributed by atoms with Crippen LogP contribution in [0.3, 0.4) is 0 Å². The van der Waals surface area contributed by atoms with E-state index in [0.717, 1.165) is 17.9 Å². The van der Waals surface area contributed by atoms with Gasteiger partial charge in [-0.1, -0.05) is 48.5 Å². The van der Waals surface area contributed by atoms with Gasteiger partial charge in [-0.15, -0.1) is 22.7 Å². The van der Waals surface area contributed by atoms with Crippen molar-refractivity contribution in [3.8, 4) is 0 Å². The van der Waals surface area contributed by atoms with Crippen LogP contribution in [-0.2, 0) is 11.3 Å². The zero-order valence-corrected chi connectivity index (χ0v) is 25.0. The molecular weight excluding hydrogens is 555 g/mol. The Morgan fingerprint density at radius 3 is 1.64 bits per heavy atom. The monoisotopic (exact) mass is 585 g/mol.